The van der Waals surface area contributed by atoms with Crippen LogP contribution in [-0.2, 0) is 42.9 Å². The fourth-order valence-corrected chi connectivity index (χ4v) is 9.89. The SMILES string of the molecule is CC/C=C\C/C=C\C/C=C\C/C=C\CCCCCCC(=O)OC(COC(=O)CCCCCCCC/C=C\C/C=C\C/C=C\CCCCC)COC1OC(C(=O)O)C(O)C(O)C1OC(=O)CCCCCCCCCCC/C=C\CCCCCCCC. The van der Waals surface area contributed by atoms with Crippen LogP contribution in [0, 0.1) is 0 Å². The van der Waals surface area contributed by atoms with Gasteiger partial charge in [0.25, 0.3) is 0 Å². The molecule has 0 radical (unpaired) electrons. The van der Waals surface area contributed by atoms with Crippen LogP contribution in [0.2, 0.25) is 0 Å². The Balaban J connectivity index is 2.67. The maximum Gasteiger partial charge on any atom is 0.335 e. The Morgan fingerprint density at radius 1 is 0.400 bits per heavy atom. The first-order chi connectivity index (χ1) is 41.6. The lowest BCUT2D eigenvalue weighted by atomic mass is 9.98. The lowest BCUT2D eigenvalue weighted by Gasteiger charge is -2.40. The van der Waals surface area contributed by atoms with E-state index in [0.717, 1.165) is 135 Å². The number of aliphatic hydroxyl groups is 2. The van der Waals surface area contributed by atoms with Gasteiger partial charge in [-0.2, -0.15) is 0 Å². The third kappa shape index (κ3) is 49.3. The third-order valence-corrected chi connectivity index (χ3v) is 15.1. The summed E-state index contributed by atoms with van der Waals surface area (Å²) in [6.45, 7) is 5.85. The molecule has 1 rings (SSSR count). The molecule has 0 spiro atoms. The lowest BCUT2D eigenvalue weighted by molar-refractivity contribution is -0.301. The molecule has 3 N–H and O–H groups in total. The summed E-state index contributed by atoms with van der Waals surface area (Å²) in [6.07, 6.45) is 67.8. The zero-order chi connectivity index (χ0) is 61.7. The van der Waals surface area contributed by atoms with E-state index in [-0.39, 0.29) is 25.9 Å². The van der Waals surface area contributed by atoms with Crippen molar-refractivity contribution >= 4 is 23.9 Å². The molecular weight excluding hydrogens is 1070 g/mol. The minimum absolute atomic E-state index is 0.0508. The molecule has 85 heavy (non-hydrogen) atoms. The minimum atomic E-state index is -1.91. The van der Waals surface area contributed by atoms with Crippen molar-refractivity contribution in [1.82, 2.24) is 0 Å². The predicted molar refractivity (Wildman–Crippen MR) is 349 cm³/mol. The Labute approximate surface area is 517 Å². The average molecular weight is 1190 g/mol. The largest absolute Gasteiger partial charge is 0.479 e. The first-order valence-electron chi connectivity index (χ1n) is 34.2. The maximum atomic E-state index is 13.2. The third-order valence-electron chi connectivity index (χ3n) is 15.1. The standard InChI is InChI=1S/C73H122O12/c1-4-7-10-13-16-19-22-25-28-31-33-36-38-41-44-47-50-53-56-59-65(74)81-62-64(83-66(75)60-57-54-51-48-45-42-39-35-30-27-24-21-18-15-12-9-6-3)63-82-73-71(69(78)68(77)70(85-73)72(79)80)84-67(76)61-58-55-52-49-46-43-40-37-34-32-29-26-23-20-17-14-11-8-5-2/h9,12,16,18-19,21,25-30,33,36,39,42,64,68-71,73,77-78H,4-8,10-11,13-15,17,20,22-24,31-32,34-35,37-38,40-41,43-63H2,1-3H3,(H,79,80)/b12-9-,19-16-,21-18-,28-25-,29-26-,30-27-,36-33-,42-39-. The van der Waals surface area contributed by atoms with Gasteiger partial charge in [0.1, 0.15) is 18.8 Å². The summed E-state index contributed by atoms with van der Waals surface area (Å²) in [6, 6.07) is 0. The molecule has 0 aliphatic carbocycles. The van der Waals surface area contributed by atoms with Gasteiger partial charge in [0.05, 0.1) is 6.61 Å². The molecule has 486 valence electrons. The van der Waals surface area contributed by atoms with Gasteiger partial charge < -0.3 is 39.0 Å². The highest BCUT2D eigenvalue weighted by molar-refractivity contribution is 5.74. The zero-order valence-electron chi connectivity index (χ0n) is 53.8. The van der Waals surface area contributed by atoms with Gasteiger partial charge >= 0.3 is 23.9 Å². The molecule has 1 saturated heterocycles. The van der Waals surface area contributed by atoms with Crippen LogP contribution in [0.25, 0.3) is 0 Å². The van der Waals surface area contributed by atoms with Crippen molar-refractivity contribution in [3.8, 4) is 0 Å². The number of ether oxygens (including phenoxy) is 5. The van der Waals surface area contributed by atoms with Gasteiger partial charge in [0.15, 0.2) is 24.6 Å². The van der Waals surface area contributed by atoms with Crippen molar-refractivity contribution in [2.24, 2.45) is 0 Å². The van der Waals surface area contributed by atoms with E-state index in [4.69, 9.17) is 23.7 Å². The molecular formula is C73H122O12. The summed E-state index contributed by atoms with van der Waals surface area (Å²) in [4.78, 5) is 51.4. The van der Waals surface area contributed by atoms with E-state index in [1.165, 1.54) is 96.3 Å². The van der Waals surface area contributed by atoms with Crippen molar-refractivity contribution in [1.29, 1.82) is 0 Å². The van der Waals surface area contributed by atoms with Crippen LogP contribution >= 0.6 is 0 Å². The number of carboxylic acids is 1. The molecule has 0 bridgehead atoms. The van der Waals surface area contributed by atoms with Crippen LogP contribution in [0.1, 0.15) is 290 Å². The summed E-state index contributed by atoms with van der Waals surface area (Å²) in [7, 11) is 0. The van der Waals surface area contributed by atoms with E-state index in [0.29, 0.717) is 19.3 Å². The number of aliphatic hydroxyl groups excluding tert-OH is 2. The molecule has 1 aliphatic heterocycles. The Bertz CT molecular complexity index is 1840. The molecule has 0 aromatic carbocycles. The predicted octanol–water partition coefficient (Wildman–Crippen LogP) is 18.8. The van der Waals surface area contributed by atoms with Gasteiger partial charge in [-0.05, 0) is 122 Å². The van der Waals surface area contributed by atoms with Crippen LogP contribution in [0.4, 0.5) is 0 Å². The highest BCUT2D eigenvalue weighted by atomic mass is 16.7. The van der Waals surface area contributed by atoms with Crippen LogP contribution in [-0.4, -0.2) is 89.2 Å². The van der Waals surface area contributed by atoms with Gasteiger partial charge in [-0.3, -0.25) is 14.4 Å². The number of hydrogen-bond acceptors (Lipinski definition) is 11. The number of carbonyl (C=O) groups is 4. The zero-order valence-corrected chi connectivity index (χ0v) is 53.8. The van der Waals surface area contributed by atoms with Crippen molar-refractivity contribution in [3.63, 3.8) is 0 Å². The van der Waals surface area contributed by atoms with Crippen molar-refractivity contribution in [2.45, 2.75) is 327 Å². The molecule has 0 aromatic rings. The quantitative estimate of drug-likeness (QED) is 0.0228. The van der Waals surface area contributed by atoms with E-state index in [2.05, 4.69) is 118 Å². The highest BCUT2D eigenvalue weighted by Gasteiger charge is 2.50. The average Bonchev–Trinajstić information content (AvgIpc) is 3.53. The van der Waals surface area contributed by atoms with Gasteiger partial charge in [-0.15, -0.1) is 0 Å². The van der Waals surface area contributed by atoms with Crippen molar-refractivity contribution in [3.05, 3.63) is 97.2 Å². The molecule has 6 atom stereocenters. The number of aliphatic carboxylic acids is 1. The Kier molecular flexibility index (Phi) is 55.5. The molecule has 0 saturated carbocycles. The normalized spacial score (nSPS) is 18.1. The fourth-order valence-electron chi connectivity index (χ4n) is 9.89. The number of carboxylic acid groups (broad SMARTS) is 1. The molecule has 1 heterocycles. The highest BCUT2D eigenvalue weighted by Crippen LogP contribution is 2.27. The molecule has 0 amide bonds. The molecule has 1 aliphatic rings. The number of allylic oxidation sites excluding steroid dienone is 16. The Morgan fingerprint density at radius 2 is 0.741 bits per heavy atom. The van der Waals surface area contributed by atoms with Crippen LogP contribution < -0.4 is 0 Å². The van der Waals surface area contributed by atoms with Crippen LogP contribution in [0.3, 0.4) is 0 Å². The van der Waals surface area contributed by atoms with E-state index < -0.39 is 67.3 Å². The van der Waals surface area contributed by atoms with E-state index in [1.54, 1.807) is 0 Å². The maximum absolute atomic E-state index is 13.2. The fraction of sp³-hybridized carbons (Fsp3) is 0.726. The molecule has 6 unspecified atom stereocenters. The molecule has 12 nitrogen and oxygen atoms in total. The number of hydrogen-bond donors (Lipinski definition) is 3. The van der Waals surface area contributed by atoms with Crippen LogP contribution in [0.5, 0.6) is 0 Å². The smallest absolute Gasteiger partial charge is 0.335 e. The number of carbonyl (C=O) groups excluding carboxylic acids is 3. The van der Waals surface area contributed by atoms with Gasteiger partial charge in [0, 0.05) is 19.3 Å². The number of rotatable bonds is 58. The van der Waals surface area contributed by atoms with Crippen molar-refractivity contribution in [2.75, 3.05) is 13.2 Å². The second-order valence-corrected chi connectivity index (χ2v) is 23.1. The van der Waals surface area contributed by atoms with E-state index in [9.17, 15) is 34.5 Å². The molecule has 1 fully saturated rings. The van der Waals surface area contributed by atoms with Crippen LogP contribution in [0.15, 0.2) is 97.2 Å². The van der Waals surface area contributed by atoms with E-state index >= 15 is 0 Å². The summed E-state index contributed by atoms with van der Waals surface area (Å²) in [5.74, 6) is -3.16. The summed E-state index contributed by atoms with van der Waals surface area (Å²) in [5.41, 5.74) is 0. The second kappa shape index (κ2) is 59.9. The van der Waals surface area contributed by atoms with Gasteiger partial charge in [-0.25, -0.2) is 4.79 Å². The summed E-state index contributed by atoms with van der Waals surface area (Å²) < 4.78 is 28.6. The number of unbranched alkanes of at least 4 members (excludes halogenated alkanes) is 28. The molecule has 12 heteroatoms. The summed E-state index contributed by atoms with van der Waals surface area (Å²) >= 11 is 0. The lowest BCUT2D eigenvalue weighted by Crippen LogP contribution is -2.61. The summed E-state index contributed by atoms with van der Waals surface area (Å²) in [5, 5.41) is 31.7. The number of esters is 3. The van der Waals surface area contributed by atoms with E-state index in [1.807, 2.05) is 0 Å². The Morgan fingerprint density at radius 3 is 1.16 bits per heavy atom. The van der Waals surface area contributed by atoms with Crippen molar-refractivity contribution < 1.29 is 58.2 Å². The van der Waals surface area contributed by atoms with Gasteiger partial charge in [0.2, 0.25) is 0 Å². The second-order valence-electron chi connectivity index (χ2n) is 23.1. The van der Waals surface area contributed by atoms with Gasteiger partial charge in [-0.1, -0.05) is 246 Å². The first-order valence-corrected chi connectivity index (χ1v) is 34.2. The Hall–Kier alpha value is -4.36. The topological polar surface area (TPSA) is 175 Å². The monoisotopic (exact) mass is 1190 g/mol. The minimum Gasteiger partial charge on any atom is -0.479 e. The first kappa shape index (κ1) is 78.7. The molecule has 0 aromatic heterocycles.